The van der Waals surface area contributed by atoms with Crippen LogP contribution in [0.3, 0.4) is 0 Å². The molecule has 0 heterocycles. The van der Waals surface area contributed by atoms with Crippen molar-refractivity contribution in [1.82, 2.24) is 0 Å². The molecular formula is C11H18O4-2. The molecule has 0 fully saturated rings. The van der Waals surface area contributed by atoms with Crippen LogP contribution < -0.4 is 10.2 Å². The third-order valence-electron chi connectivity index (χ3n) is 2.58. The van der Waals surface area contributed by atoms with Crippen molar-refractivity contribution in [1.29, 1.82) is 0 Å². The van der Waals surface area contributed by atoms with Gasteiger partial charge in [0.25, 0.3) is 0 Å². The molecule has 0 aliphatic carbocycles. The standard InChI is InChI=1S/C11H20O4/c1-8(10(12)13)6-4-3-5-7-9(2)11(14)15/h8-9H,3-7H2,1-2H3,(H,12,13)(H,14,15)/p-2. The minimum absolute atomic E-state index is 0.413. The third-order valence-corrected chi connectivity index (χ3v) is 2.58. The molecule has 0 aromatic carbocycles. The highest BCUT2D eigenvalue weighted by atomic mass is 16.4. The van der Waals surface area contributed by atoms with Crippen molar-refractivity contribution in [3.8, 4) is 0 Å². The molecule has 0 bridgehead atoms. The lowest BCUT2D eigenvalue weighted by Crippen LogP contribution is -2.29. The van der Waals surface area contributed by atoms with Crippen molar-refractivity contribution in [3.05, 3.63) is 0 Å². The molecule has 15 heavy (non-hydrogen) atoms. The first-order chi connectivity index (χ1) is 6.95. The van der Waals surface area contributed by atoms with Crippen LogP contribution in [0, 0.1) is 11.8 Å². The summed E-state index contributed by atoms with van der Waals surface area (Å²) in [6.45, 7) is 3.25. The number of hydrogen-bond acceptors (Lipinski definition) is 4. The lowest BCUT2D eigenvalue weighted by Gasteiger charge is -2.13. The number of unbranched alkanes of at least 4 members (excludes halogenated alkanes) is 2. The summed E-state index contributed by atoms with van der Waals surface area (Å²) in [7, 11) is 0. The molecule has 0 aliphatic heterocycles. The van der Waals surface area contributed by atoms with Crippen LogP contribution >= 0.6 is 0 Å². The molecule has 2 atom stereocenters. The summed E-state index contributed by atoms with van der Waals surface area (Å²) in [5.74, 6) is -2.86. The van der Waals surface area contributed by atoms with Gasteiger partial charge in [0.05, 0.1) is 0 Å². The molecule has 0 aromatic heterocycles. The molecule has 0 amide bonds. The summed E-state index contributed by atoms with van der Waals surface area (Å²) >= 11 is 0. The van der Waals surface area contributed by atoms with Crippen LogP contribution in [-0.2, 0) is 9.59 Å². The van der Waals surface area contributed by atoms with Crippen LogP contribution in [-0.4, -0.2) is 11.9 Å². The van der Waals surface area contributed by atoms with Crippen LogP contribution in [0.1, 0.15) is 46.0 Å². The van der Waals surface area contributed by atoms with Gasteiger partial charge in [0.15, 0.2) is 0 Å². The number of carbonyl (C=O) groups excluding carboxylic acids is 2. The Morgan fingerprint density at radius 2 is 1.20 bits per heavy atom. The lowest BCUT2D eigenvalue weighted by molar-refractivity contribution is -0.312. The number of hydrogen-bond donors (Lipinski definition) is 0. The smallest absolute Gasteiger partial charge is 0.0442 e. The molecule has 2 unspecified atom stereocenters. The van der Waals surface area contributed by atoms with E-state index in [-0.39, 0.29) is 0 Å². The van der Waals surface area contributed by atoms with Crippen LogP contribution in [0.2, 0.25) is 0 Å². The Hall–Kier alpha value is -1.06. The average Bonchev–Trinajstić information content (AvgIpc) is 2.16. The topological polar surface area (TPSA) is 80.3 Å². The monoisotopic (exact) mass is 214 g/mol. The molecule has 0 N–H and O–H groups in total. The van der Waals surface area contributed by atoms with Gasteiger partial charge in [-0.25, -0.2) is 0 Å². The SMILES string of the molecule is CC(CCCCCC(C)C(=O)[O-])C(=O)[O-]. The van der Waals surface area contributed by atoms with Gasteiger partial charge in [0, 0.05) is 11.9 Å². The normalized spacial score (nSPS) is 14.5. The first kappa shape index (κ1) is 13.9. The van der Waals surface area contributed by atoms with E-state index in [2.05, 4.69) is 0 Å². The van der Waals surface area contributed by atoms with Gasteiger partial charge in [-0.3, -0.25) is 0 Å². The quantitative estimate of drug-likeness (QED) is 0.520. The van der Waals surface area contributed by atoms with E-state index in [0.29, 0.717) is 12.8 Å². The van der Waals surface area contributed by atoms with Crippen molar-refractivity contribution in [2.75, 3.05) is 0 Å². The van der Waals surface area contributed by atoms with E-state index in [9.17, 15) is 19.8 Å². The lowest BCUT2D eigenvalue weighted by atomic mass is 9.99. The third kappa shape index (κ3) is 6.94. The molecule has 0 saturated heterocycles. The second kappa shape index (κ2) is 7.26. The molecule has 0 rings (SSSR count). The Bertz CT molecular complexity index is 191. The molecule has 0 saturated carbocycles. The summed E-state index contributed by atoms with van der Waals surface area (Å²) in [5, 5.41) is 20.7. The summed E-state index contributed by atoms with van der Waals surface area (Å²) in [6.07, 6.45) is 3.66. The maximum atomic E-state index is 10.4. The predicted molar refractivity (Wildman–Crippen MR) is 51.4 cm³/mol. The fourth-order valence-electron chi connectivity index (χ4n) is 1.31. The average molecular weight is 214 g/mol. The van der Waals surface area contributed by atoms with E-state index in [4.69, 9.17) is 0 Å². The number of carboxylic acids is 2. The second-order valence-corrected chi connectivity index (χ2v) is 4.08. The minimum atomic E-state index is -1.02. The summed E-state index contributed by atoms with van der Waals surface area (Å²) < 4.78 is 0. The molecule has 4 nitrogen and oxygen atoms in total. The summed E-state index contributed by atoms with van der Waals surface area (Å²) in [5.41, 5.74) is 0. The van der Waals surface area contributed by atoms with Crippen molar-refractivity contribution in [2.24, 2.45) is 11.8 Å². The van der Waals surface area contributed by atoms with Gasteiger partial charge in [-0.2, -0.15) is 0 Å². The van der Waals surface area contributed by atoms with Crippen molar-refractivity contribution in [2.45, 2.75) is 46.0 Å². The Kier molecular flexibility index (Phi) is 6.75. The molecule has 88 valence electrons. The van der Waals surface area contributed by atoms with E-state index in [1.165, 1.54) is 0 Å². The Balaban J connectivity index is 3.40. The fraction of sp³-hybridized carbons (Fsp3) is 0.818. The van der Waals surface area contributed by atoms with Crippen LogP contribution in [0.4, 0.5) is 0 Å². The molecular weight excluding hydrogens is 196 g/mol. The van der Waals surface area contributed by atoms with Gasteiger partial charge in [0.2, 0.25) is 0 Å². The van der Waals surface area contributed by atoms with Gasteiger partial charge < -0.3 is 19.8 Å². The number of aliphatic carboxylic acids is 2. The van der Waals surface area contributed by atoms with E-state index >= 15 is 0 Å². The first-order valence-corrected chi connectivity index (χ1v) is 5.37. The van der Waals surface area contributed by atoms with Gasteiger partial charge in [0.1, 0.15) is 0 Å². The molecule has 0 aromatic rings. The molecule has 0 spiro atoms. The highest BCUT2D eigenvalue weighted by Crippen LogP contribution is 2.12. The largest absolute Gasteiger partial charge is 0.550 e. The number of rotatable bonds is 8. The Morgan fingerprint density at radius 3 is 1.47 bits per heavy atom. The highest BCUT2D eigenvalue weighted by Gasteiger charge is 2.04. The van der Waals surface area contributed by atoms with Crippen molar-refractivity contribution >= 4 is 11.9 Å². The van der Waals surface area contributed by atoms with E-state index < -0.39 is 23.8 Å². The van der Waals surface area contributed by atoms with Crippen molar-refractivity contribution in [3.63, 3.8) is 0 Å². The first-order valence-electron chi connectivity index (χ1n) is 5.37. The number of carbonyl (C=O) groups is 2. The maximum Gasteiger partial charge on any atom is 0.0442 e. The predicted octanol–water partition coefficient (Wildman–Crippen LogP) is -0.291. The van der Waals surface area contributed by atoms with Crippen molar-refractivity contribution < 1.29 is 19.8 Å². The van der Waals surface area contributed by atoms with Crippen LogP contribution in [0.15, 0.2) is 0 Å². The van der Waals surface area contributed by atoms with Gasteiger partial charge in [-0.05, 0) is 24.7 Å². The fourth-order valence-corrected chi connectivity index (χ4v) is 1.31. The minimum Gasteiger partial charge on any atom is -0.550 e. The molecule has 0 radical (unpaired) electrons. The second-order valence-electron chi connectivity index (χ2n) is 4.08. The van der Waals surface area contributed by atoms with E-state index in [1.807, 2.05) is 0 Å². The van der Waals surface area contributed by atoms with Gasteiger partial charge in [-0.15, -0.1) is 0 Å². The zero-order valence-electron chi connectivity index (χ0n) is 9.32. The van der Waals surface area contributed by atoms with Crippen LogP contribution in [0.25, 0.3) is 0 Å². The summed E-state index contributed by atoms with van der Waals surface area (Å²) in [4.78, 5) is 20.7. The van der Waals surface area contributed by atoms with E-state index in [1.54, 1.807) is 13.8 Å². The van der Waals surface area contributed by atoms with Gasteiger partial charge >= 0.3 is 0 Å². The summed E-state index contributed by atoms with van der Waals surface area (Å²) in [6, 6.07) is 0. The van der Waals surface area contributed by atoms with Crippen LogP contribution in [0.5, 0.6) is 0 Å². The Morgan fingerprint density at radius 1 is 0.867 bits per heavy atom. The maximum absolute atomic E-state index is 10.4. The highest BCUT2D eigenvalue weighted by molar-refractivity contribution is 5.67. The molecule has 0 aliphatic rings. The molecule has 4 heteroatoms. The Labute approximate surface area is 90.3 Å². The van der Waals surface area contributed by atoms with Gasteiger partial charge in [-0.1, -0.05) is 33.1 Å². The van der Waals surface area contributed by atoms with E-state index in [0.717, 1.165) is 19.3 Å². The zero-order valence-corrected chi connectivity index (χ0v) is 9.32. The zero-order chi connectivity index (χ0) is 11.8. The number of carboxylic acid groups (broad SMARTS) is 2.